The van der Waals surface area contributed by atoms with E-state index in [1.807, 2.05) is 30.5 Å². The van der Waals surface area contributed by atoms with Crippen molar-refractivity contribution in [3.63, 3.8) is 0 Å². The van der Waals surface area contributed by atoms with Gasteiger partial charge in [-0.1, -0.05) is 6.07 Å². The number of carbonyl (C=O) groups is 3. The SMILES string of the molecule is CC(=O)Nc1ccc(C(=O)NN=Cc2cc(C)n(-c3cccc(C(=O)O)c3)c2C)cc1. The van der Waals surface area contributed by atoms with Gasteiger partial charge in [-0.25, -0.2) is 10.2 Å². The quantitative estimate of drug-likeness (QED) is 0.420. The number of aromatic carboxylic acids is 1. The van der Waals surface area contributed by atoms with Crippen molar-refractivity contribution in [1.82, 2.24) is 9.99 Å². The van der Waals surface area contributed by atoms with Crippen LogP contribution in [-0.4, -0.2) is 33.7 Å². The number of carboxylic acid groups (broad SMARTS) is 1. The summed E-state index contributed by atoms with van der Waals surface area (Å²) in [4.78, 5) is 34.6. The predicted molar refractivity (Wildman–Crippen MR) is 118 cm³/mol. The molecule has 0 saturated heterocycles. The first-order valence-corrected chi connectivity index (χ1v) is 9.50. The molecule has 158 valence electrons. The Labute approximate surface area is 179 Å². The van der Waals surface area contributed by atoms with Gasteiger partial charge in [-0.15, -0.1) is 0 Å². The lowest BCUT2D eigenvalue weighted by molar-refractivity contribution is -0.114. The highest BCUT2D eigenvalue weighted by Crippen LogP contribution is 2.20. The number of carbonyl (C=O) groups excluding carboxylic acids is 2. The topological polar surface area (TPSA) is 113 Å². The molecular formula is C23H22N4O4. The third kappa shape index (κ3) is 5.05. The summed E-state index contributed by atoms with van der Waals surface area (Å²) in [5.74, 6) is -1.55. The Balaban J connectivity index is 1.74. The molecule has 0 atom stereocenters. The van der Waals surface area contributed by atoms with Crippen molar-refractivity contribution in [2.45, 2.75) is 20.8 Å². The Bertz CT molecular complexity index is 1180. The Kier molecular flexibility index (Phi) is 6.30. The smallest absolute Gasteiger partial charge is 0.335 e. The summed E-state index contributed by atoms with van der Waals surface area (Å²) in [6.07, 6.45) is 1.55. The fourth-order valence-corrected chi connectivity index (χ4v) is 3.23. The fourth-order valence-electron chi connectivity index (χ4n) is 3.23. The van der Waals surface area contributed by atoms with E-state index in [1.54, 1.807) is 48.7 Å². The monoisotopic (exact) mass is 418 g/mol. The van der Waals surface area contributed by atoms with E-state index >= 15 is 0 Å². The van der Waals surface area contributed by atoms with Crippen molar-refractivity contribution in [1.29, 1.82) is 0 Å². The third-order valence-electron chi connectivity index (χ3n) is 4.66. The molecule has 3 aromatic rings. The van der Waals surface area contributed by atoms with Gasteiger partial charge in [0.2, 0.25) is 5.91 Å². The van der Waals surface area contributed by atoms with Gasteiger partial charge in [0.25, 0.3) is 5.91 Å². The number of amides is 2. The molecule has 0 radical (unpaired) electrons. The molecule has 3 rings (SSSR count). The van der Waals surface area contributed by atoms with Crippen LogP contribution in [0.15, 0.2) is 59.7 Å². The number of aromatic nitrogens is 1. The van der Waals surface area contributed by atoms with Crippen molar-refractivity contribution in [3.8, 4) is 5.69 Å². The third-order valence-corrected chi connectivity index (χ3v) is 4.66. The van der Waals surface area contributed by atoms with Crippen molar-refractivity contribution >= 4 is 29.7 Å². The number of carboxylic acids is 1. The van der Waals surface area contributed by atoms with Gasteiger partial charge in [-0.2, -0.15) is 5.10 Å². The molecule has 3 N–H and O–H groups in total. The predicted octanol–water partition coefficient (Wildman–Crippen LogP) is 3.51. The maximum atomic E-state index is 12.3. The van der Waals surface area contributed by atoms with E-state index in [9.17, 15) is 19.5 Å². The van der Waals surface area contributed by atoms with Crippen LogP contribution in [0.2, 0.25) is 0 Å². The van der Waals surface area contributed by atoms with Crippen molar-refractivity contribution < 1.29 is 19.5 Å². The Morgan fingerprint density at radius 3 is 2.35 bits per heavy atom. The van der Waals surface area contributed by atoms with Crippen LogP contribution in [-0.2, 0) is 4.79 Å². The second-order valence-corrected chi connectivity index (χ2v) is 6.98. The van der Waals surface area contributed by atoms with Gasteiger partial charge in [0.1, 0.15) is 0 Å². The average Bonchev–Trinajstić information content (AvgIpc) is 3.01. The maximum Gasteiger partial charge on any atom is 0.335 e. The van der Waals surface area contributed by atoms with Gasteiger partial charge in [-0.05, 0) is 62.4 Å². The molecular weight excluding hydrogens is 396 g/mol. The van der Waals surface area contributed by atoms with Crippen molar-refractivity contribution in [2.24, 2.45) is 5.10 Å². The Morgan fingerprint density at radius 2 is 1.71 bits per heavy atom. The van der Waals surface area contributed by atoms with E-state index in [2.05, 4.69) is 15.8 Å². The summed E-state index contributed by atoms with van der Waals surface area (Å²) in [5.41, 5.74) is 6.99. The van der Waals surface area contributed by atoms with Gasteiger partial charge in [0, 0.05) is 40.8 Å². The minimum absolute atomic E-state index is 0.186. The lowest BCUT2D eigenvalue weighted by Crippen LogP contribution is -2.17. The van der Waals surface area contributed by atoms with Crippen molar-refractivity contribution in [3.05, 3.63) is 82.7 Å². The van der Waals surface area contributed by atoms with Crippen LogP contribution < -0.4 is 10.7 Å². The van der Waals surface area contributed by atoms with Gasteiger partial charge < -0.3 is 15.0 Å². The van der Waals surface area contributed by atoms with Crippen molar-refractivity contribution in [2.75, 3.05) is 5.32 Å². The highest BCUT2D eigenvalue weighted by atomic mass is 16.4. The number of hydrogen-bond donors (Lipinski definition) is 3. The van der Waals surface area contributed by atoms with E-state index in [4.69, 9.17) is 0 Å². The van der Waals surface area contributed by atoms with Crippen LogP contribution in [0.4, 0.5) is 5.69 Å². The average molecular weight is 418 g/mol. The van der Waals surface area contributed by atoms with E-state index in [0.29, 0.717) is 11.3 Å². The van der Waals surface area contributed by atoms with E-state index in [1.165, 1.54) is 6.92 Å². The summed E-state index contributed by atoms with van der Waals surface area (Å²) < 4.78 is 1.93. The largest absolute Gasteiger partial charge is 0.478 e. The zero-order chi connectivity index (χ0) is 22.5. The molecule has 1 heterocycles. The van der Waals surface area contributed by atoms with Crippen LogP contribution in [0.5, 0.6) is 0 Å². The lowest BCUT2D eigenvalue weighted by Gasteiger charge is -2.10. The number of hydrazone groups is 1. The molecule has 0 bridgehead atoms. The number of nitrogens with one attached hydrogen (secondary N) is 2. The first kappa shape index (κ1) is 21.5. The summed E-state index contributed by atoms with van der Waals surface area (Å²) in [6.45, 7) is 5.21. The van der Waals surface area contributed by atoms with Crippen LogP contribution >= 0.6 is 0 Å². The molecule has 8 heteroatoms. The second kappa shape index (κ2) is 9.08. The normalized spacial score (nSPS) is 10.8. The molecule has 2 amide bonds. The molecule has 0 spiro atoms. The highest BCUT2D eigenvalue weighted by Gasteiger charge is 2.12. The van der Waals surface area contributed by atoms with Gasteiger partial charge in [0.15, 0.2) is 0 Å². The van der Waals surface area contributed by atoms with Crippen LogP contribution in [0.25, 0.3) is 5.69 Å². The Morgan fingerprint density at radius 1 is 1.00 bits per heavy atom. The van der Waals surface area contributed by atoms with Crippen LogP contribution in [0.3, 0.4) is 0 Å². The first-order valence-electron chi connectivity index (χ1n) is 9.50. The minimum Gasteiger partial charge on any atom is -0.478 e. The standard InChI is InChI=1S/C23H22N4O4/c1-14-11-19(15(2)27(14)21-6-4-5-18(12-21)23(30)31)13-24-26-22(29)17-7-9-20(10-8-17)25-16(3)28/h4-13H,1-3H3,(H,25,28)(H,26,29)(H,30,31). The van der Waals surface area contributed by atoms with Gasteiger partial charge in [-0.3, -0.25) is 9.59 Å². The summed E-state index contributed by atoms with van der Waals surface area (Å²) in [5, 5.41) is 15.9. The number of hydrogen-bond acceptors (Lipinski definition) is 4. The molecule has 0 fully saturated rings. The minimum atomic E-state index is -0.987. The summed E-state index contributed by atoms with van der Waals surface area (Å²) in [7, 11) is 0. The maximum absolute atomic E-state index is 12.3. The molecule has 0 aliphatic heterocycles. The number of benzene rings is 2. The first-order chi connectivity index (χ1) is 14.8. The molecule has 8 nitrogen and oxygen atoms in total. The second-order valence-electron chi connectivity index (χ2n) is 6.98. The highest BCUT2D eigenvalue weighted by molar-refractivity contribution is 5.96. The summed E-state index contributed by atoms with van der Waals surface area (Å²) in [6, 6.07) is 15.0. The summed E-state index contributed by atoms with van der Waals surface area (Å²) >= 11 is 0. The molecule has 0 saturated carbocycles. The number of rotatable bonds is 6. The number of anilines is 1. The molecule has 0 unspecified atom stereocenters. The van der Waals surface area contributed by atoms with Gasteiger partial charge >= 0.3 is 5.97 Å². The fraction of sp³-hybridized carbons (Fsp3) is 0.130. The van der Waals surface area contributed by atoms with E-state index in [0.717, 1.165) is 22.6 Å². The van der Waals surface area contributed by atoms with E-state index < -0.39 is 5.97 Å². The zero-order valence-electron chi connectivity index (χ0n) is 17.3. The molecule has 2 aromatic carbocycles. The number of nitrogens with zero attached hydrogens (tertiary/aromatic N) is 2. The molecule has 0 aliphatic rings. The zero-order valence-corrected chi connectivity index (χ0v) is 17.3. The molecule has 31 heavy (non-hydrogen) atoms. The molecule has 0 aliphatic carbocycles. The van der Waals surface area contributed by atoms with Gasteiger partial charge in [0.05, 0.1) is 11.8 Å². The number of aryl methyl sites for hydroxylation is 1. The Hall–Kier alpha value is -4.20. The van der Waals surface area contributed by atoms with Crippen LogP contribution in [0.1, 0.15) is 44.6 Å². The molecule has 1 aromatic heterocycles. The lowest BCUT2D eigenvalue weighted by atomic mass is 10.2. The van der Waals surface area contributed by atoms with E-state index in [-0.39, 0.29) is 17.4 Å². The van der Waals surface area contributed by atoms with Crippen LogP contribution in [0, 0.1) is 13.8 Å².